The van der Waals surface area contributed by atoms with E-state index in [1.54, 1.807) is 0 Å². The molecule has 0 saturated carbocycles. The number of para-hydroxylation sites is 2. The molecule has 0 saturated heterocycles. The summed E-state index contributed by atoms with van der Waals surface area (Å²) >= 11 is 0. The van der Waals surface area contributed by atoms with Crippen molar-refractivity contribution in [2.45, 2.75) is 39.7 Å². The molecule has 3 rings (SSSR count). The molecule has 1 heterocycles. The number of nitrogens with one attached hydrogen (secondary N) is 1. The Morgan fingerprint density at radius 3 is 2.29 bits per heavy atom. The van der Waals surface area contributed by atoms with Crippen LogP contribution in [0.25, 0.3) is 11.0 Å². The second kappa shape index (κ2) is 5.03. The summed E-state index contributed by atoms with van der Waals surface area (Å²) < 4.78 is 2.33. The molecular formula is C19H23N2+. The number of aryl methyl sites for hydroxylation is 1. The summed E-state index contributed by atoms with van der Waals surface area (Å²) in [6.07, 6.45) is 0. The van der Waals surface area contributed by atoms with Crippen LogP contribution in [0.5, 0.6) is 0 Å². The van der Waals surface area contributed by atoms with Gasteiger partial charge in [-0.2, -0.15) is 0 Å². The molecule has 0 amide bonds. The molecule has 2 nitrogen and oxygen atoms in total. The van der Waals surface area contributed by atoms with E-state index in [0.29, 0.717) is 0 Å². The molecule has 0 spiro atoms. The van der Waals surface area contributed by atoms with Gasteiger partial charge in [0.05, 0.1) is 0 Å². The summed E-state index contributed by atoms with van der Waals surface area (Å²) in [7, 11) is 0. The van der Waals surface area contributed by atoms with Crippen molar-refractivity contribution in [3.63, 3.8) is 0 Å². The van der Waals surface area contributed by atoms with E-state index in [1.165, 1.54) is 28.0 Å². The van der Waals surface area contributed by atoms with Crippen molar-refractivity contribution in [2.24, 2.45) is 0 Å². The van der Waals surface area contributed by atoms with Crippen molar-refractivity contribution in [3.8, 4) is 0 Å². The van der Waals surface area contributed by atoms with E-state index in [2.05, 4.69) is 85.8 Å². The average Bonchev–Trinajstić information content (AvgIpc) is 2.75. The lowest BCUT2D eigenvalue weighted by Gasteiger charge is -2.19. The van der Waals surface area contributed by atoms with Gasteiger partial charge in [0, 0.05) is 6.92 Å². The van der Waals surface area contributed by atoms with Gasteiger partial charge < -0.3 is 0 Å². The monoisotopic (exact) mass is 279 g/mol. The molecule has 0 atom stereocenters. The zero-order valence-corrected chi connectivity index (χ0v) is 13.3. The Kier molecular flexibility index (Phi) is 3.32. The second-order valence-electron chi connectivity index (χ2n) is 6.76. The van der Waals surface area contributed by atoms with Crippen LogP contribution in [0.15, 0.2) is 48.5 Å². The number of hydrogen-bond donors (Lipinski definition) is 1. The molecule has 0 fully saturated rings. The third-order valence-electron chi connectivity index (χ3n) is 4.08. The van der Waals surface area contributed by atoms with Crippen LogP contribution in [-0.4, -0.2) is 4.98 Å². The number of rotatable bonds is 2. The number of H-pyrrole nitrogens is 1. The lowest BCUT2D eigenvalue weighted by molar-refractivity contribution is -0.668. The van der Waals surface area contributed by atoms with Gasteiger partial charge >= 0.3 is 0 Å². The van der Waals surface area contributed by atoms with Crippen molar-refractivity contribution in [1.82, 2.24) is 4.98 Å². The van der Waals surface area contributed by atoms with Crippen LogP contribution in [0.2, 0.25) is 0 Å². The third-order valence-corrected chi connectivity index (χ3v) is 4.08. The Morgan fingerprint density at radius 1 is 0.952 bits per heavy atom. The Balaban J connectivity index is 1.94. The maximum Gasteiger partial charge on any atom is 0.252 e. The molecule has 0 aliphatic carbocycles. The number of fused-ring (bicyclic) bond motifs is 1. The van der Waals surface area contributed by atoms with Crippen LogP contribution in [0.1, 0.15) is 37.7 Å². The van der Waals surface area contributed by atoms with E-state index in [9.17, 15) is 0 Å². The van der Waals surface area contributed by atoms with E-state index in [1.807, 2.05) is 0 Å². The highest BCUT2D eigenvalue weighted by Gasteiger charge is 2.16. The molecule has 0 unspecified atom stereocenters. The van der Waals surface area contributed by atoms with Crippen molar-refractivity contribution < 1.29 is 4.57 Å². The highest BCUT2D eigenvalue weighted by molar-refractivity contribution is 5.71. The van der Waals surface area contributed by atoms with E-state index in [0.717, 1.165) is 6.54 Å². The first-order chi connectivity index (χ1) is 9.95. The van der Waals surface area contributed by atoms with Gasteiger partial charge in [0.15, 0.2) is 11.0 Å². The second-order valence-corrected chi connectivity index (χ2v) is 6.76. The number of benzene rings is 2. The molecule has 1 N–H and O–H groups in total. The van der Waals surface area contributed by atoms with Gasteiger partial charge in [-0.3, -0.25) is 0 Å². The summed E-state index contributed by atoms with van der Waals surface area (Å²) in [6, 6.07) is 17.4. The molecule has 2 heteroatoms. The van der Waals surface area contributed by atoms with E-state index in [4.69, 9.17) is 0 Å². The van der Waals surface area contributed by atoms with E-state index in [-0.39, 0.29) is 5.41 Å². The molecule has 0 aliphatic heterocycles. The van der Waals surface area contributed by atoms with E-state index >= 15 is 0 Å². The fraction of sp³-hybridized carbons (Fsp3) is 0.316. The highest BCUT2D eigenvalue weighted by atomic mass is 15.1. The fourth-order valence-corrected chi connectivity index (χ4v) is 2.75. The molecule has 21 heavy (non-hydrogen) atoms. The molecule has 3 aromatic rings. The zero-order valence-electron chi connectivity index (χ0n) is 13.3. The quantitative estimate of drug-likeness (QED) is 0.681. The number of imidazole rings is 1. The standard InChI is InChI=1S/C19H22N2/c1-14-20-17-7-5-6-8-18(17)21(14)13-15-9-11-16(12-10-15)19(2,3)4/h5-12H,13H2,1-4H3/p+1. The van der Waals surface area contributed by atoms with Crippen molar-refractivity contribution in [3.05, 3.63) is 65.5 Å². The topological polar surface area (TPSA) is 19.7 Å². The lowest BCUT2D eigenvalue weighted by Crippen LogP contribution is -2.36. The summed E-state index contributed by atoms with van der Waals surface area (Å²) in [5.74, 6) is 1.19. The SMILES string of the molecule is Cc1[nH]c2ccccc2[n+]1Cc1ccc(C(C)(C)C)cc1. The first-order valence-electron chi connectivity index (χ1n) is 7.52. The first kappa shape index (κ1) is 13.9. The molecule has 0 aliphatic rings. The largest absolute Gasteiger partial charge is 0.252 e. The third kappa shape index (κ3) is 2.71. The van der Waals surface area contributed by atoms with Crippen molar-refractivity contribution in [1.29, 1.82) is 0 Å². The van der Waals surface area contributed by atoms with E-state index < -0.39 is 0 Å². The Labute approximate surface area is 126 Å². The molecular weight excluding hydrogens is 256 g/mol. The molecule has 108 valence electrons. The van der Waals surface area contributed by atoms with Crippen LogP contribution < -0.4 is 4.57 Å². The van der Waals surface area contributed by atoms with Gasteiger partial charge in [0.2, 0.25) is 0 Å². The minimum Gasteiger partial charge on any atom is -0.241 e. The van der Waals surface area contributed by atoms with Crippen LogP contribution in [0.3, 0.4) is 0 Å². The van der Waals surface area contributed by atoms with Crippen LogP contribution in [0, 0.1) is 6.92 Å². The summed E-state index contributed by atoms with van der Waals surface area (Å²) in [5, 5.41) is 0. The first-order valence-corrected chi connectivity index (χ1v) is 7.52. The average molecular weight is 279 g/mol. The number of aromatic amines is 1. The maximum absolute atomic E-state index is 3.45. The number of hydrogen-bond acceptors (Lipinski definition) is 0. The van der Waals surface area contributed by atoms with Crippen LogP contribution in [-0.2, 0) is 12.0 Å². The Bertz CT molecular complexity index is 758. The molecule has 0 bridgehead atoms. The van der Waals surface area contributed by atoms with Gasteiger partial charge in [0.25, 0.3) is 5.82 Å². The number of nitrogens with zero attached hydrogens (tertiary/aromatic N) is 1. The maximum atomic E-state index is 3.45. The Morgan fingerprint density at radius 2 is 1.62 bits per heavy atom. The summed E-state index contributed by atoms with van der Waals surface area (Å²) in [5.41, 5.74) is 5.38. The Hall–Kier alpha value is -2.09. The minimum absolute atomic E-state index is 0.211. The number of aromatic nitrogens is 2. The highest BCUT2D eigenvalue weighted by Crippen LogP contribution is 2.22. The predicted octanol–water partition coefficient (Wildman–Crippen LogP) is 4.11. The van der Waals surface area contributed by atoms with Crippen LogP contribution in [0.4, 0.5) is 0 Å². The normalized spacial score (nSPS) is 12.0. The predicted molar refractivity (Wildman–Crippen MR) is 87.5 cm³/mol. The molecule has 0 radical (unpaired) electrons. The minimum atomic E-state index is 0.211. The lowest BCUT2D eigenvalue weighted by atomic mass is 9.87. The van der Waals surface area contributed by atoms with Gasteiger partial charge in [-0.1, -0.05) is 57.2 Å². The van der Waals surface area contributed by atoms with Crippen molar-refractivity contribution >= 4 is 11.0 Å². The smallest absolute Gasteiger partial charge is 0.241 e. The fourth-order valence-electron chi connectivity index (χ4n) is 2.75. The van der Waals surface area contributed by atoms with Gasteiger partial charge in [-0.15, -0.1) is 0 Å². The molecule has 2 aromatic carbocycles. The van der Waals surface area contributed by atoms with Gasteiger partial charge in [-0.05, 0) is 28.7 Å². The van der Waals surface area contributed by atoms with Crippen molar-refractivity contribution in [2.75, 3.05) is 0 Å². The van der Waals surface area contributed by atoms with Gasteiger partial charge in [-0.25, -0.2) is 9.55 Å². The summed E-state index contributed by atoms with van der Waals surface area (Å²) in [6.45, 7) is 9.78. The molecule has 1 aromatic heterocycles. The zero-order chi connectivity index (χ0) is 15.0. The van der Waals surface area contributed by atoms with Gasteiger partial charge in [0.1, 0.15) is 6.54 Å². The summed E-state index contributed by atoms with van der Waals surface area (Å²) in [4.78, 5) is 3.45. The van der Waals surface area contributed by atoms with Crippen LogP contribution >= 0.6 is 0 Å².